The van der Waals surface area contributed by atoms with Gasteiger partial charge in [0.25, 0.3) is 0 Å². The number of thiazole rings is 1. The predicted molar refractivity (Wildman–Crippen MR) is 64.5 cm³/mol. The third kappa shape index (κ3) is 2.08. The number of rotatable bonds is 3. The second-order valence-corrected chi connectivity index (χ2v) is 4.33. The number of halogens is 1. The molecule has 2 rings (SSSR count). The first-order valence-corrected chi connectivity index (χ1v) is 5.75. The molecule has 5 heteroatoms. The van der Waals surface area contributed by atoms with Crippen LogP contribution in [0.3, 0.4) is 0 Å². The number of carbonyl (C=O) groups is 1. The lowest BCUT2D eigenvalue weighted by atomic mass is 10.2. The van der Waals surface area contributed by atoms with Crippen molar-refractivity contribution in [1.29, 1.82) is 0 Å². The summed E-state index contributed by atoms with van der Waals surface area (Å²) < 4.78 is 5.22. The number of aromatic nitrogens is 1. The molecule has 1 aromatic carbocycles. The first-order valence-electron chi connectivity index (χ1n) is 4.49. The van der Waals surface area contributed by atoms with Gasteiger partial charge in [-0.1, -0.05) is 11.6 Å². The zero-order valence-electron chi connectivity index (χ0n) is 8.44. The Hall–Kier alpha value is -1.39. The molecular weight excluding hydrogens is 246 g/mol. The van der Waals surface area contributed by atoms with Gasteiger partial charge in [-0.3, -0.25) is 4.79 Å². The van der Waals surface area contributed by atoms with Crippen LogP contribution in [-0.2, 0) is 0 Å². The first kappa shape index (κ1) is 11.1. The molecule has 1 aromatic heterocycles. The number of nitrogens with zero attached hydrogens (tertiary/aromatic N) is 1. The third-order valence-electron chi connectivity index (χ3n) is 2.04. The standard InChI is InChI=1S/C11H8ClNO2S/c1-15-10-4-7(12)2-3-9(10)11-13-8(5-14)6-16-11/h2-6H,1H3. The summed E-state index contributed by atoms with van der Waals surface area (Å²) in [6, 6.07) is 5.31. The molecule has 0 saturated heterocycles. The van der Waals surface area contributed by atoms with Crippen molar-refractivity contribution in [2.75, 3.05) is 7.11 Å². The van der Waals surface area contributed by atoms with E-state index in [1.165, 1.54) is 11.3 Å². The van der Waals surface area contributed by atoms with Gasteiger partial charge in [0.15, 0.2) is 6.29 Å². The molecule has 3 nitrogen and oxygen atoms in total. The van der Waals surface area contributed by atoms with E-state index in [0.717, 1.165) is 16.9 Å². The van der Waals surface area contributed by atoms with Crippen molar-refractivity contribution in [2.24, 2.45) is 0 Å². The minimum Gasteiger partial charge on any atom is -0.496 e. The molecule has 2 aromatic rings. The molecule has 0 amide bonds. The van der Waals surface area contributed by atoms with E-state index >= 15 is 0 Å². The Morgan fingerprint density at radius 3 is 2.94 bits per heavy atom. The molecule has 0 N–H and O–H groups in total. The summed E-state index contributed by atoms with van der Waals surface area (Å²) in [6.45, 7) is 0. The maximum absolute atomic E-state index is 10.6. The van der Waals surface area contributed by atoms with Gasteiger partial charge in [-0.05, 0) is 18.2 Å². The Morgan fingerprint density at radius 1 is 1.50 bits per heavy atom. The average Bonchev–Trinajstić information content (AvgIpc) is 2.77. The van der Waals surface area contributed by atoms with E-state index in [2.05, 4.69) is 4.98 Å². The van der Waals surface area contributed by atoms with Crippen molar-refractivity contribution in [3.63, 3.8) is 0 Å². The van der Waals surface area contributed by atoms with E-state index < -0.39 is 0 Å². The van der Waals surface area contributed by atoms with Gasteiger partial charge in [-0.15, -0.1) is 11.3 Å². The Balaban J connectivity index is 2.50. The molecule has 0 aliphatic rings. The van der Waals surface area contributed by atoms with E-state index in [4.69, 9.17) is 16.3 Å². The maximum atomic E-state index is 10.6. The van der Waals surface area contributed by atoms with Crippen LogP contribution in [0.1, 0.15) is 10.5 Å². The molecule has 82 valence electrons. The van der Waals surface area contributed by atoms with Gasteiger partial charge >= 0.3 is 0 Å². The van der Waals surface area contributed by atoms with Crippen LogP contribution in [0.2, 0.25) is 5.02 Å². The summed E-state index contributed by atoms with van der Waals surface area (Å²) in [5.74, 6) is 0.652. The highest BCUT2D eigenvalue weighted by molar-refractivity contribution is 7.13. The fourth-order valence-corrected chi connectivity index (χ4v) is 2.26. The average molecular weight is 254 g/mol. The Labute approximate surface area is 102 Å². The fourth-order valence-electron chi connectivity index (χ4n) is 1.31. The van der Waals surface area contributed by atoms with Crippen LogP contribution >= 0.6 is 22.9 Å². The van der Waals surface area contributed by atoms with E-state index in [1.54, 1.807) is 24.6 Å². The molecular formula is C11H8ClNO2S. The zero-order valence-corrected chi connectivity index (χ0v) is 10.0. The van der Waals surface area contributed by atoms with E-state index in [1.807, 2.05) is 6.07 Å². The number of carbonyl (C=O) groups excluding carboxylic acids is 1. The van der Waals surface area contributed by atoms with E-state index in [0.29, 0.717) is 16.5 Å². The minimum atomic E-state index is 0.428. The molecule has 0 fully saturated rings. The van der Waals surface area contributed by atoms with Crippen LogP contribution in [0.5, 0.6) is 5.75 Å². The van der Waals surface area contributed by atoms with Crippen molar-refractivity contribution >= 4 is 29.2 Å². The highest BCUT2D eigenvalue weighted by Crippen LogP contribution is 2.33. The van der Waals surface area contributed by atoms with E-state index in [9.17, 15) is 4.79 Å². The third-order valence-corrected chi connectivity index (χ3v) is 3.17. The Morgan fingerprint density at radius 2 is 2.31 bits per heavy atom. The van der Waals surface area contributed by atoms with Crippen LogP contribution in [-0.4, -0.2) is 18.4 Å². The monoisotopic (exact) mass is 253 g/mol. The Bertz CT molecular complexity index is 524. The molecule has 0 saturated carbocycles. The van der Waals surface area contributed by atoms with Gasteiger partial charge in [0, 0.05) is 10.4 Å². The summed E-state index contributed by atoms with van der Waals surface area (Å²) in [5, 5.41) is 3.06. The number of benzene rings is 1. The molecule has 16 heavy (non-hydrogen) atoms. The van der Waals surface area contributed by atoms with Gasteiger partial charge < -0.3 is 4.74 Å². The SMILES string of the molecule is COc1cc(Cl)ccc1-c1nc(C=O)cs1. The Kier molecular flexibility index (Phi) is 3.22. The van der Waals surface area contributed by atoms with Gasteiger partial charge in [0.2, 0.25) is 0 Å². The van der Waals surface area contributed by atoms with Crippen molar-refractivity contribution < 1.29 is 9.53 Å². The summed E-state index contributed by atoms with van der Waals surface area (Å²) >= 11 is 7.26. The van der Waals surface area contributed by atoms with Gasteiger partial charge in [-0.2, -0.15) is 0 Å². The minimum absolute atomic E-state index is 0.428. The second kappa shape index (κ2) is 4.63. The number of hydrogen-bond acceptors (Lipinski definition) is 4. The first-order chi connectivity index (χ1) is 7.74. The topological polar surface area (TPSA) is 39.2 Å². The highest BCUT2D eigenvalue weighted by atomic mass is 35.5. The summed E-state index contributed by atoms with van der Waals surface area (Å²) in [4.78, 5) is 14.7. The maximum Gasteiger partial charge on any atom is 0.169 e. The normalized spacial score (nSPS) is 10.1. The number of hydrogen-bond donors (Lipinski definition) is 0. The summed E-state index contributed by atoms with van der Waals surface area (Å²) in [7, 11) is 1.57. The van der Waals surface area contributed by atoms with Crippen LogP contribution < -0.4 is 4.74 Å². The number of aldehydes is 1. The lowest BCUT2D eigenvalue weighted by Crippen LogP contribution is -1.88. The molecule has 0 aliphatic heterocycles. The largest absolute Gasteiger partial charge is 0.496 e. The molecule has 0 aliphatic carbocycles. The lowest BCUT2D eigenvalue weighted by Gasteiger charge is -2.05. The quantitative estimate of drug-likeness (QED) is 0.788. The van der Waals surface area contributed by atoms with Crippen molar-refractivity contribution in [2.45, 2.75) is 0 Å². The molecule has 0 spiro atoms. The van der Waals surface area contributed by atoms with Crippen LogP contribution in [0.15, 0.2) is 23.6 Å². The second-order valence-electron chi connectivity index (χ2n) is 3.04. The van der Waals surface area contributed by atoms with Gasteiger partial charge in [0.1, 0.15) is 16.5 Å². The van der Waals surface area contributed by atoms with E-state index in [-0.39, 0.29) is 0 Å². The van der Waals surface area contributed by atoms with Crippen LogP contribution in [0.4, 0.5) is 0 Å². The number of methoxy groups -OCH3 is 1. The van der Waals surface area contributed by atoms with Crippen LogP contribution in [0, 0.1) is 0 Å². The van der Waals surface area contributed by atoms with Crippen molar-refractivity contribution in [3.05, 3.63) is 34.3 Å². The predicted octanol–water partition coefficient (Wildman–Crippen LogP) is 3.28. The van der Waals surface area contributed by atoms with Crippen molar-refractivity contribution in [3.8, 4) is 16.3 Å². The summed E-state index contributed by atoms with van der Waals surface area (Å²) in [5.41, 5.74) is 1.27. The number of ether oxygens (including phenoxy) is 1. The van der Waals surface area contributed by atoms with Crippen molar-refractivity contribution in [1.82, 2.24) is 4.98 Å². The zero-order chi connectivity index (χ0) is 11.5. The highest BCUT2D eigenvalue weighted by Gasteiger charge is 2.10. The van der Waals surface area contributed by atoms with Gasteiger partial charge in [0.05, 0.1) is 12.7 Å². The summed E-state index contributed by atoms with van der Waals surface area (Å²) in [6.07, 6.45) is 0.725. The lowest BCUT2D eigenvalue weighted by molar-refractivity contribution is 0.111. The molecule has 0 radical (unpaired) electrons. The molecule has 1 heterocycles. The molecule has 0 bridgehead atoms. The molecule has 0 atom stereocenters. The fraction of sp³-hybridized carbons (Fsp3) is 0.0909. The smallest absolute Gasteiger partial charge is 0.169 e. The van der Waals surface area contributed by atoms with Crippen LogP contribution in [0.25, 0.3) is 10.6 Å². The molecule has 0 unspecified atom stereocenters. The van der Waals surface area contributed by atoms with Gasteiger partial charge in [-0.25, -0.2) is 4.98 Å².